The highest BCUT2D eigenvalue weighted by atomic mass is 15.4. The van der Waals surface area contributed by atoms with E-state index in [2.05, 4.69) is 57.9 Å². The van der Waals surface area contributed by atoms with Crippen molar-refractivity contribution >= 4 is 17.8 Å². The van der Waals surface area contributed by atoms with Gasteiger partial charge in [0.25, 0.3) is 0 Å². The second-order valence-electron chi connectivity index (χ2n) is 5.64. The van der Waals surface area contributed by atoms with Crippen LogP contribution < -0.4 is 15.1 Å². The first kappa shape index (κ1) is 15.8. The molecule has 1 N–H and O–H groups in total. The lowest BCUT2D eigenvalue weighted by Gasteiger charge is -2.30. The van der Waals surface area contributed by atoms with Crippen LogP contribution in [0, 0.1) is 5.92 Å². The minimum atomic E-state index is 0.671. The largest absolute Gasteiger partial charge is 0.354 e. The average Bonchev–Trinajstić information content (AvgIpc) is 2.44. The van der Waals surface area contributed by atoms with Crippen LogP contribution in [0.3, 0.4) is 0 Å². The molecule has 0 bridgehead atoms. The van der Waals surface area contributed by atoms with Gasteiger partial charge in [0, 0.05) is 33.2 Å². The van der Waals surface area contributed by atoms with Gasteiger partial charge >= 0.3 is 0 Å². The number of rotatable bonds is 8. The van der Waals surface area contributed by atoms with Crippen molar-refractivity contribution in [1.29, 1.82) is 0 Å². The molecule has 21 heavy (non-hydrogen) atoms. The molecule has 0 amide bonds. The topological polar surface area (TPSA) is 57.2 Å². The Hall–Kier alpha value is -1.59. The van der Waals surface area contributed by atoms with Crippen LogP contribution in [0.1, 0.15) is 40.0 Å². The fourth-order valence-corrected chi connectivity index (χ4v) is 2.55. The predicted octanol–water partition coefficient (Wildman–Crippen LogP) is 2.39. The van der Waals surface area contributed by atoms with Crippen LogP contribution in [0.4, 0.5) is 17.8 Å². The zero-order valence-corrected chi connectivity index (χ0v) is 13.8. The summed E-state index contributed by atoms with van der Waals surface area (Å²) in [6.07, 6.45) is 4.03. The molecule has 0 aromatic carbocycles. The molecular formula is C15H28N6. The minimum Gasteiger partial charge on any atom is -0.354 e. The van der Waals surface area contributed by atoms with Gasteiger partial charge in [0.15, 0.2) is 0 Å². The van der Waals surface area contributed by atoms with Crippen LogP contribution in [0.2, 0.25) is 0 Å². The summed E-state index contributed by atoms with van der Waals surface area (Å²) >= 11 is 0. The molecule has 0 unspecified atom stereocenters. The van der Waals surface area contributed by atoms with E-state index < -0.39 is 0 Å². The molecule has 118 valence electrons. The number of nitrogens with one attached hydrogen (secondary N) is 1. The summed E-state index contributed by atoms with van der Waals surface area (Å²) in [7, 11) is 2.08. The Balaban J connectivity index is 2.20. The van der Waals surface area contributed by atoms with Crippen molar-refractivity contribution < 1.29 is 0 Å². The maximum Gasteiger partial charge on any atom is 0.231 e. The maximum atomic E-state index is 4.66. The Morgan fingerprint density at radius 3 is 2.24 bits per heavy atom. The number of hydrogen-bond acceptors (Lipinski definition) is 6. The Labute approximate surface area is 128 Å². The predicted molar refractivity (Wildman–Crippen MR) is 88.2 cm³/mol. The monoisotopic (exact) mass is 292 g/mol. The van der Waals surface area contributed by atoms with E-state index in [4.69, 9.17) is 0 Å². The SMILES string of the molecule is CCNc1nc(N(C)CC2CCC2)nc(N(CC)CC)n1. The molecule has 1 aromatic rings. The minimum absolute atomic E-state index is 0.671. The van der Waals surface area contributed by atoms with Gasteiger partial charge in [-0.3, -0.25) is 0 Å². The van der Waals surface area contributed by atoms with Gasteiger partial charge in [0.05, 0.1) is 0 Å². The van der Waals surface area contributed by atoms with Gasteiger partial charge in [-0.15, -0.1) is 0 Å². The fourth-order valence-electron chi connectivity index (χ4n) is 2.55. The van der Waals surface area contributed by atoms with Crippen LogP contribution >= 0.6 is 0 Å². The molecule has 0 spiro atoms. The van der Waals surface area contributed by atoms with Crippen molar-refractivity contribution in [2.75, 3.05) is 48.3 Å². The number of hydrogen-bond donors (Lipinski definition) is 1. The van der Waals surface area contributed by atoms with E-state index in [0.29, 0.717) is 5.95 Å². The van der Waals surface area contributed by atoms with Crippen molar-refractivity contribution in [2.45, 2.75) is 40.0 Å². The maximum absolute atomic E-state index is 4.66. The van der Waals surface area contributed by atoms with Crippen molar-refractivity contribution in [2.24, 2.45) is 5.92 Å². The van der Waals surface area contributed by atoms with Crippen molar-refractivity contribution in [3.63, 3.8) is 0 Å². The Kier molecular flexibility index (Phi) is 5.59. The number of nitrogens with zero attached hydrogens (tertiary/aromatic N) is 5. The second-order valence-corrected chi connectivity index (χ2v) is 5.64. The van der Waals surface area contributed by atoms with E-state index in [-0.39, 0.29) is 0 Å². The third kappa shape index (κ3) is 3.95. The number of aromatic nitrogens is 3. The lowest BCUT2D eigenvalue weighted by atomic mass is 9.85. The van der Waals surface area contributed by atoms with Gasteiger partial charge in [-0.05, 0) is 39.5 Å². The molecule has 6 nitrogen and oxygen atoms in total. The van der Waals surface area contributed by atoms with Crippen LogP contribution in [-0.2, 0) is 0 Å². The highest BCUT2D eigenvalue weighted by Crippen LogP contribution is 2.28. The van der Waals surface area contributed by atoms with E-state index in [1.165, 1.54) is 19.3 Å². The van der Waals surface area contributed by atoms with Crippen molar-refractivity contribution in [3.05, 3.63) is 0 Å². The molecule has 2 rings (SSSR count). The summed E-state index contributed by atoms with van der Waals surface area (Å²) < 4.78 is 0. The van der Waals surface area contributed by atoms with Crippen LogP contribution in [0.25, 0.3) is 0 Å². The molecule has 1 aliphatic carbocycles. The zero-order valence-electron chi connectivity index (χ0n) is 13.8. The van der Waals surface area contributed by atoms with Gasteiger partial charge < -0.3 is 15.1 Å². The molecule has 0 aliphatic heterocycles. The van der Waals surface area contributed by atoms with Gasteiger partial charge in [0.1, 0.15) is 0 Å². The third-order valence-corrected chi connectivity index (χ3v) is 4.09. The summed E-state index contributed by atoms with van der Waals surface area (Å²) in [5, 5.41) is 3.21. The summed E-state index contributed by atoms with van der Waals surface area (Å²) in [4.78, 5) is 18.1. The van der Waals surface area contributed by atoms with Crippen molar-refractivity contribution in [1.82, 2.24) is 15.0 Å². The van der Waals surface area contributed by atoms with Crippen LogP contribution in [0.5, 0.6) is 0 Å². The van der Waals surface area contributed by atoms with Crippen LogP contribution in [0.15, 0.2) is 0 Å². The van der Waals surface area contributed by atoms with Gasteiger partial charge in [-0.1, -0.05) is 6.42 Å². The molecular weight excluding hydrogens is 264 g/mol. The van der Waals surface area contributed by atoms with Gasteiger partial charge in [-0.25, -0.2) is 0 Å². The summed E-state index contributed by atoms with van der Waals surface area (Å²) in [6.45, 7) is 9.95. The van der Waals surface area contributed by atoms with E-state index in [0.717, 1.165) is 44.0 Å². The normalized spacial score (nSPS) is 14.7. The van der Waals surface area contributed by atoms with Gasteiger partial charge in [-0.2, -0.15) is 15.0 Å². The third-order valence-electron chi connectivity index (χ3n) is 4.09. The van der Waals surface area contributed by atoms with Gasteiger partial charge in [0.2, 0.25) is 17.8 Å². The molecule has 0 saturated heterocycles. The summed E-state index contributed by atoms with van der Waals surface area (Å²) in [6, 6.07) is 0. The molecule has 1 aromatic heterocycles. The standard InChI is InChI=1S/C15H28N6/c1-5-16-13-17-14(20(4)11-12-9-8-10-12)19-15(18-13)21(6-2)7-3/h12H,5-11H2,1-4H3,(H,16,17,18,19). The number of anilines is 3. The molecule has 1 aliphatic rings. The Morgan fingerprint density at radius 1 is 1.05 bits per heavy atom. The molecule has 0 radical (unpaired) electrons. The molecule has 6 heteroatoms. The van der Waals surface area contributed by atoms with Crippen molar-refractivity contribution in [3.8, 4) is 0 Å². The smallest absolute Gasteiger partial charge is 0.231 e. The molecule has 1 fully saturated rings. The molecule has 1 heterocycles. The second kappa shape index (κ2) is 7.43. The quantitative estimate of drug-likeness (QED) is 0.794. The first-order valence-electron chi connectivity index (χ1n) is 8.13. The summed E-state index contributed by atoms with van der Waals surface area (Å²) in [5.74, 6) is 3.01. The summed E-state index contributed by atoms with van der Waals surface area (Å²) in [5.41, 5.74) is 0. The lowest BCUT2D eigenvalue weighted by Crippen LogP contribution is -2.32. The Morgan fingerprint density at radius 2 is 1.71 bits per heavy atom. The van der Waals surface area contributed by atoms with E-state index >= 15 is 0 Å². The van der Waals surface area contributed by atoms with E-state index in [1.807, 2.05) is 0 Å². The average molecular weight is 292 g/mol. The first-order chi connectivity index (χ1) is 10.2. The van der Waals surface area contributed by atoms with E-state index in [1.54, 1.807) is 0 Å². The Bertz CT molecular complexity index is 442. The van der Waals surface area contributed by atoms with Crippen LogP contribution in [-0.4, -0.2) is 48.2 Å². The lowest BCUT2D eigenvalue weighted by molar-refractivity contribution is 0.320. The first-order valence-corrected chi connectivity index (χ1v) is 8.13. The fraction of sp³-hybridized carbons (Fsp3) is 0.800. The highest BCUT2D eigenvalue weighted by Gasteiger charge is 2.21. The molecule has 0 atom stereocenters. The molecule has 1 saturated carbocycles. The highest BCUT2D eigenvalue weighted by molar-refractivity contribution is 5.44. The van der Waals surface area contributed by atoms with E-state index in [9.17, 15) is 0 Å². The zero-order chi connectivity index (χ0) is 15.2.